The number of rotatable bonds is 5. The summed E-state index contributed by atoms with van der Waals surface area (Å²) < 4.78 is 0. The lowest BCUT2D eigenvalue weighted by molar-refractivity contribution is 0.218. The average Bonchev–Trinajstić information content (AvgIpc) is 2.89. The standard InChI is InChI=1S/C10H16N2OS/c1-12(4-5-13)7-9-6-11-10(14-9)8-2-3-8/h6,8,13H,2-5,7H2,1H3. The van der Waals surface area contributed by atoms with E-state index in [0.29, 0.717) is 0 Å². The van der Waals surface area contributed by atoms with E-state index in [2.05, 4.69) is 9.88 Å². The molecule has 0 aliphatic heterocycles. The number of hydrogen-bond acceptors (Lipinski definition) is 4. The molecule has 0 radical (unpaired) electrons. The highest BCUT2D eigenvalue weighted by Gasteiger charge is 2.26. The molecule has 0 saturated heterocycles. The molecule has 1 aliphatic rings. The van der Waals surface area contributed by atoms with Gasteiger partial charge in [-0.05, 0) is 19.9 Å². The van der Waals surface area contributed by atoms with Crippen molar-refractivity contribution in [1.82, 2.24) is 9.88 Å². The SMILES string of the molecule is CN(CCO)Cc1cnc(C2CC2)s1. The minimum Gasteiger partial charge on any atom is -0.395 e. The van der Waals surface area contributed by atoms with Crippen molar-refractivity contribution in [3.8, 4) is 0 Å². The van der Waals surface area contributed by atoms with Gasteiger partial charge in [-0.25, -0.2) is 4.98 Å². The summed E-state index contributed by atoms with van der Waals surface area (Å²) in [4.78, 5) is 7.84. The Labute approximate surface area is 88.4 Å². The Morgan fingerprint density at radius 3 is 3.07 bits per heavy atom. The van der Waals surface area contributed by atoms with Gasteiger partial charge >= 0.3 is 0 Å². The van der Waals surface area contributed by atoms with Crippen LogP contribution in [0.15, 0.2) is 6.20 Å². The molecule has 1 saturated carbocycles. The topological polar surface area (TPSA) is 36.4 Å². The summed E-state index contributed by atoms with van der Waals surface area (Å²) >= 11 is 1.82. The van der Waals surface area contributed by atoms with Crippen LogP contribution in [0.4, 0.5) is 0 Å². The summed E-state index contributed by atoms with van der Waals surface area (Å²) in [5, 5.41) is 10.1. The van der Waals surface area contributed by atoms with Gasteiger partial charge in [-0.1, -0.05) is 0 Å². The van der Waals surface area contributed by atoms with Gasteiger partial charge in [-0.15, -0.1) is 11.3 Å². The summed E-state index contributed by atoms with van der Waals surface area (Å²) in [6.07, 6.45) is 4.62. The van der Waals surface area contributed by atoms with Gasteiger partial charge in [0.2, 0.25) is 0 Å². The smallest absolute Gasteiger partial charge is 0.0959 e. The highest BCUT2D eigenvalue weighted by molar-refractivity contribution is 7.11. The molecule has 1 aliphatic carbocycles. The summed E-state index contributed by atoms with van der Waals surface area (Å²) in [5.74, 6) is 0.761. The molecular weight excluding hydrogens is 196 g/mol. The third kappa shape index (κ3) is 2.53. The van der Waals surface area contributed by atoms with Crippen LogP contribution in [-0.2, 0) is 6.54 Å². The van der Waals surface area contributed by atoms with Gasteiger partial charge < -0.3 is 5.11 Å². The zero-order valence-electron chi connectivity index (χ0n) is 8.44. The predicted octanol–water partition coefficient (Wildman–Crippen LogP) is 1.44. The highest BCUT2D eigenvalue weighted by atomic mass is 32.1. The van der Waals surface area contributed by atoms with Crippen molar-refractivity contribution in [2.24, 2.45) is 0 Å². The van der Waals surface area contributed by atoms with Crippen molar-refractivity contribution in [3.63, 3.8) is 0 Å². The molecule has 1 aromatic rings. The van der Waals surface area contributed by atoms with Crippen LogP contribution >= 0.6 is 11.3 Å². The van der Waals surface area contributed by atoms with Crippen LogP contribution in [0, 0.1) is 0 Å². The maximum absolute atomic E-state index is 8.76. The molecule has 14 heavy (non-hydrogen) atoms. The molecule has 0 spiro atoms. The van der Waals surface area contributed by atoms with Crippen molar-refractivity contribution in [2.45, 2.75) is 25.3 Å². The Bertz CT molecular complexity index is 296. The van der Waals surface area contributed by atoms with Crippen LogP contribution in [-0.4, -0.2) is 35.2 Å². The van der Waals surface area contributed by atoms with Crippen molar-refractivity contribution >= 4 is 11.3 Å². The molecule has 0 amide bonds. The van der Waals surface area contributed by atoms with Crippen molar-refractivity contribution in [1.29, 1.82) is 0 Å². The van der Waals surface area contributed by atoms with Crippen LogP contribution in [0.3, 0.4) is 0 Å². The maximum Gasteiger partial charge on any atom is 0.0959 e. The number of hydrogen-bond donors (Lipinski definition) is 1. The second kappa shape index (κ2) is 4.38. The maximum atomic E-state index is 8.76. The van der Waals surface area contributed by atoms with E-state index in [4.69, 9.17) is 5.11 Å². The average molecular weight is 212 g/mol. The van der Waals surface area contributed by atoms with E-state index in [1.807, 2.05) is 24.6 Å². The largest absolute Gasteiger partial charge is 0.395 e. The van der Waals surface area contributed by atoms with E-state index in [-0.39, 0.29) is 6.61 Å². The molecule has 0 aromatic carbocycles. The lowest BCUT2D eigenvalue weighted by Gasteiger charge is -2.12. The number of thiazole rings is 1. The second-order valence-electron chi connectivity index (χ2n) is 3.90. The Hall–Kier alpha value is -0.450. The Morgan fingerprint density at radius 2 is 2.43 bits per heavy atom. The predicted molar refractivity (Wildman–Crippen MR) is 57.5 cm³/mol. The van der Waals surface area contributed by atoms with Crippen LogP contribution in [0.2, 0.25) is 0 Å². The van der Waals surface area contributed by atoms with Crippen LogP contribution in [0.5, 0.6) is 0 Å². The minimum atomic E-state index is 0.227. The van der Waals surface area contributed by atoms with Crippen LogP contribution in [0.25, 0.3) is 0 Å². The minimum absolute atomic E-state index is 0.227. The summed E-state index contributed by atoms with van der Waals surface area (Å²) in [6.45, 7) is 1.87. The highest BCUT2D eigenvalue weighted by Crippen LogP contribution is 2.41. The summed E-state index contributed by atoms with van der Waals surface area (Å²) in [7, 11) is 2.02. The molecule has 1 N–H and O–H groups in total. The normalized spacial score (nSPS) is 16.5. The fourth-order valence-corrected chi connectivity index (χ4v) is 2.60. The number of aliphatic hydroxyl groups is 1. The van der Waals surface area contributed by atoms with Crippen molar-refractivity contribution in [3.05, 3.63) is 16.1 Å². The van der Waals surface area contributed by atoms with Crippen LogP contribution < -0.4 is 0 Å². The first kappa shape index (κ1) is 10.1. The Morgan fingerprint density at radius 1 is 1.64 bits per heavy atom. The van der Waals surface area contributed by atoms with E-state index < -0.39 is 0 Å². The van der Waals surface area contributed by atoms with E-state index >= 15 is 0 Å². The van der Waals surface area contributed by atoms with Gasteiger partial charge in [-0.3, -0.25) is 4.90 Å². The zero-order chi connectivity index (χ0) is 9.97. The van der Waals surface area contributed by atoms with Crippen LogP contribution in [0.1, 0.15) is 28.6 Å². The van der Waals surface area contributed by atoms with Gasteiger partial charge in [0, 0.05) is 30.1 Å². The molecular formula is C10H16N2OS. The lowest BCUT2D eigenvalue weighted by atomic mass is 10.4. The molecule has 1 fully saturated rings. The molecule has 4 heteroatoms. The number of likely N-dealkylation sites (N-methyl/N-ethyl adjacent to an activating group) is 1. The number of nitrogens with zero attached hydrogens (tertiary/aromatic N) is 2. The third-order valence-electron chi connectivity index (χ3n) is 2.41. The van der Waals surface area contributed by atoms with E-state index in [1.54, 1.807) is 0 Å². The molecule has 0 unspecified atom stereocenters. The lowest BCUT2D eigenvalue weighted by Crippen LogP contribution is -2.20. The number of aliphatic hydroxyl groups excluding tert-OH is 1. The number of aromatic nitrogens is 1. The van der Waals surface area contributed by atoms with E-state index in [9.17, 15) is 0 Å². The van der Waals surface area contributed by atoms with Gasteiger partial charge in [0.25, 0.3) is 0 Å². The fraction of sp³-hybridized carbons (Fsp3) is 0.700. The summed E-state index contributed by atoms with van der Waals surface area (Å²) in [6, 6.07) is 0. The first-order valence-corrected chi connectivity index (χ1v) is 5.85. The molecule has 0 atom stereocenters. The first-order chi connectivity index (χ1) is 6.79. The molecule has 1 heterocycles. The van der Waals surface area contributed by atoms with E-state index in [1.165, 1.54) is 22.7 Å². The Kier molecular flexibility index (Phi) is 3.15. The molecule has 78 valence electrons. The molecule has 1 aromatic heterocycles. The zero-order valence-corrected chi connectivity index (χ0v) is 9.26. The fourth-order valence-electron chi connectivity index (χ4n) is 1.43. The molecule has 2 rings (SSSR count). The molecule has 3 nitrogen and oxygen atoms in total. The van der Waals surface area contributed by atoms with Crippen molar-refractivity contribution in [2.75, 3.05) is 20.2 Å². The Balaban J connectivity index is 1.88. The monoisotopic (exact) mass is 212 g/mol. The quantitative estimate of drug-likeness (QED) is 0.802. The first-order valence-electron chi connectivity index (χ1n) is 5.03. The van der Waals surface area contributed by atoms with Gasteiger partial charge in [0.1, 0.15) is 0 Å². The third-order valence-corrected chi connectivity index (χ3v) is 3.55. The second-order valence-corrected chi connectivity index (χ2v) is 5.05. The molecule has 0 bridgehead atoms. The van der Waals surface area contributed by atoms with Gasteiger partial charge in [0.05, 0.1) is 11.6 Å². The van der Waals surface area contributed by atoms with Gasteiger partial charge in [-0.2, -0.15) is 0 Å². The van der Waals surface area contributed by atoms with Crippen molar-refractivity contribution < 1.29 is 5.11 Å². The summed E-state index contributed by atoms with van der Waals surface area (Å²) in [5.41, 5.74) is 0. The van der Waals surface area contributed by atoms with Gasteiger partial charge in [0.15, 0.2) is 0 Å². The van der Waals surface area contributed by atoms with E-state index in [0.717, 1.165) is 19.0 Å².